The van der Waals surface area contributed by atoms with Crippen molar-refractivity contribution >= 4 is 0 Å². The second-order valence-corrected chi connectivity index (χ2v) is 3.87. The number of halogens is 1. The Labute approximate surface area is 90.1 Å². The van der Waals surface area contributed by atoms with Crippen LogP contribution in [0.3, 0.4) is 0 Å². The Balaban J connectivity index is 2.43. The summed E-state index contributed by atoms with van der Waals surface area (Å²) in [6.07, 6.45) is 0.414. The van der Waals surface area contributed by atoms with Gasteiger partial charge in [-0.15, -0.1) is 0 Å². The quantitative estimate of drug-likeness (QED) is 0.783. The van der Waals surface area contributed by atoms with E-state index in [0.29, 0.717) is 6.42 Å². The molecule has 0 bridgehead atoms. The molecule has 3 heteroatoms. The Bertz CT molecular complexity index is 301. The van der Waals surface area contributed by atoms with Crippen LogP contribution in [-0.2, 0) is 0 Å². The van der Waals surface area contributed by atoms with Crippen LogP contribution in [0.25, 0.3) is 0 Å². The fourth-order valence-corrected chi connectivity index (χ4v) is 1.40. The molecule has 0 aromatic heterocycles. The molecule has 2 N–H and O–H groups in total. The van der Waals surface area contributed by atoms with Crippen molar-refractivity contribution in [3.8, 4) is 0 Å². The fourth-order valence-electron chi connectivity index (χ4n) is 1.40. The van der Waals surface area contributed by atoms with Gasteiger partial charge in [0.15, 0.2) is 0 Å². The number of aliphatic hydroxyl groups is 1. The maximum Gasteiger partial charge on any atom is 0.123 e. The summed E-state index contributed by atoms with van der Waals surface area (Å²) in [5, 5.41) is 12.3. The number of aliphatic hydroxyl groups excluding tert-OH is 1. The minimum Gasteiger partial charge on any atom is -0.393 e. The van der Waals surface area contributed by atoms with Crippen LogP contribution < -0.4 is 5.32 Å². The molecule has 0 amide bonds. The standard InChI is InChI=1S/C12H18FNO/c1-9(15)6-7-14-10(2)11-4-3-5-12(13)8-11/h3-5,8-10,14-15H,6-7H2,1-2H3. The zero-order valence-corrected chi connectivity index (χ0v) is 9.20. The third-order valence-corrected chi connectivity index (χ3v) is 2.36. The maximum absolute atomic E-state index is 12.9. The molecule has 2 unspecified atom stereocenters. The van der Waals surface area contributed by atoms with Crippen LogP contribution in [-0.4, -0.2) is 17.8 Å². The molecule has 0 aliphatic heterocycles. The Morgan fingerprint density at radius 1 is 1.40 bits per heavy atom. The lowest BCUT2D eigenvalue weighted by Crippen LogP contribution is -2.22. The van der Waals surface area contributed by atoms with Crippen LogP contribution in [0.15, 0.2) is 24.3 Å². The van der Waals surface area contributed by atoms with Gasteiger partial charge in [-0.2, -0.15) is 0 Å². The highest BCUT2D eigenvalue weighted by Crippen LogP contribution is 2.13. The molecule has 1 aromatic rings. The number of hydrogen-bond donors (Lipinski definition) is 2. The molecule has 0 saturated heterocycles. The molecule has 2 nitrogen and oxygen atoms in total. The number of benzene rings is 1. The summed E-state index contributed by atoms with van der Waals surface area (Å²) in [5.41, 5.74) is 0.931. The molecule has 0 spiro atoms. The highest BCUT2D eigenvalue weighted by Gasteiger charge is 2.05. The average Bonchev–Trinajstić information content (AvgIpc) is 2.17. The molecule has 15 heavy (non-hydrogen) atoms. The molecular weight excluding hydrogens is 193 g/mol. The average molecular weight is 211 g/mol. The van der Waals surface area contributed by atoms with Gasteiger partial charge in [0.05, 0.1) is 6.10 Å². The van der Waals surface area contributed by atoms with Gasteiger partial charge in [0, 0.05) is 6.04 Å². The van der Waals surface area contributed by atoms with Crippen molar-refractivity contribution in [1.82, 2.24) is 5.32 Å². The first-order valence-corrected chi connectivity index (χ1v) is 5.26. The molecule has 1 aromatic carbocycles. The lowest BCUT2D eigenvalue weighted by molar-refractivity contribution is 0.182. The van der Waals surface area contributed by atoms with E-state index in [1.165, 1.54) is 12.1 Å². The molecular formula is C12H18FNO. The smallest absolute Gasteiger partial charge is 0.123 e. The van der Waals surface area contributed by atoms with Crippen LogP contribution in [0.4, 0.5) is 4.39 Å². The van der Waals surface area contributed by atoms with Crippen LogP contribution in [0.5, 0.6) is 0 Å². The van der Waals surface area contributed by atoms with E-state index in [0.717, 1.165) is 12.1 Å². The van der Waals surface area contributed by atoms with Crippen molar-refractivity contribution < 1.29 is 9.50 Å². The minimum atomic E-state index is -0.294. The lowest BCUT2D eigenvalue weighted by atomic mass is 10.1. The summed E-state index contributed by atoms with van der Waals surface area (Å²) < 4.78 is 12.9. The molecule has 0 fully saturated rings. The van der Waals surface area contributed by atoms with Gasteiger partial charge >= 0.3 is 0 Å². The SMILES string of the molecule is CC(O)CCNC(C)c1cccc(F)c1. The van der Waals surface area contributed by atoms with Gasteiger partial charge in [-0.05, 0) is 44.5 Å². The Morgan fingerprint density at radius 3 is 2.73 bits per heavy atom. The first-order chi connectivity index (χ1) is 7.09. The Morgan fingerprint density at radius 2 is 2.13 bits per heavy atom. The second-order valence-electron chi connectivity index (χ2n) is 3.87. The number of nitrogens with one attached hydrogen (secondary N) is 1. The van der Waals surface area contributed by atoms with E-state index in [9.17, 15) is 4.39 Å². The largest absolute Gasteiger partial charge is 0.393 e. The summed E-state index contributed by atoms with van der Waals surface area (Å²) in [5.74, 6) is -0.211. The second kappa shape index (κ2) is 5.83. The van der Waals surface area contributed by atoms with Crippen molar-refractivity contribution in [2.75, 3.05) is 6.54 Å². The van der Waals surface area contributed by atoms with Crippen molar-refractivity contribution in [2.45, 2.75) is 32.4 Å². The van der Waals surface area contributed by atoms with Gasteiger partial charge < -0.3 is 10.4 Å². The van der Waals surface area contributed by atoms with Gasteiger partial charge in [0.1, 0.15) is 5.82 Å². The lowest BCUT2D eigenvalue weighted by Gasteiger charge is -2.14. The van der Waals surface area contributed by atoms with E-state index in [-0.39, 0.29) is 18.0 Å². The Kier molecular flexibility index (Phi) is 4.72. The predicted molar refractivity (Wildman–Crippen MR) is 59.1 cm³/mol. The molecule has 1 rings (SSSR count). The molecule has 0 saturated carbocycles. The summed E-state index contributed by atoms with van der Waals surface area (Å²) in [4.78, 5) is 0. The van der Waals surface area contributed by atoms with Crippen molar-refractivity contribution in [3.05, 3.63) is 35.6 Å². The molecule has 0 aliphatic rings. The van der Waals surface area contributed by atoms with Crippen LogP contribution in [0.2, 0.25) is 0 Å². The van der Waals surface area contributed by atoms with E-state index in [2.05, 4.69) is 5.32 Å². The third kappa shape index (κ3) is 4.40. The summed E-state index contributed by atoms with van der Waals surface area (Å²) >= 11 is 0. The zero-order chi connectivity index (χ0) is 11.3. The molecule has 84 valence electrons. The maximum atomic E-state index is 12.9. The first kappa shape index (κ1) is 12.1. The topological polar surface area (TPSA) is 32.3 Å². The van der Waals surface area contributed by atoms with E-state index in [1.54, 1.807) is 13.0 Å². The predicted octanol–water partition coefficient (Wildman–Crippen LogP) is 2.25. The van der Waals surface area contributed by atoms with Crippen LogP contribution in [0.1, 0.15) is 31.9 Å². The highest BCUT2D eigenvalue weighted by atomic mass is 19.1. The summed E-state index contributed by atoms with van der Waals surface area (Å²) in [6.45, 7) is 4.47. The fraction of sp³-hybridized carbons (Fsp3) is 0.500. The highest BCUT2D eigenvalue weighted by molar-refractivity contribution is 5.19. The minimum absolute atomic E-state index is 0.111. The Hall–Kier alpha value is -0.930. The molecule has 2 atom stereocenters. The zero-order valence-electron chi connectivity index (χ0n) is 9.20. The van der Waals surface area contributed by atoms with E-state index in [4.69, 9.17) is 5.11 Å². The van der Waals surface area contributed by atoms with E-state index < -0.39 is 0 Å². The van der Waals surface area contributed by atoms with Crippen LogP contribution >= 0.6 is 0 Å². The summed E-state index contributed by atoms with van der Waals surface area (Å²) in [6, 6.07) is 6.67. The summed E-state index contributed by atoms with van der Waals surface area (Å²) in [7, 11) is 0. The third-order valence-electron chi connectivity index (χ3n) is 2.36. The van der Waals surface area contributed by atoms with Gasteiger partial charge in [-0.25, -0.2) is 4.39 Å². The monoisotopic (exact) mass is 211 g/mol. The molecule has 0 heterocycles. The van der Waals surface area contributed by atoms with E-state index in [1.807, 2.05) is 13.0 Å². The van der Waals surface area contributed by atoms with E-state index >= 15 is 0 Å². The normalized spacial score (nSPS) is 14.9. The number of hydrogen-bond acceptors (Lipinski definition) is 2. The van der Waals surface area contributed by atoms with Gasteiger partial charge in [-0.3, -0.25) is 0 Å². The van der Waals surface area contributed by atoms with Gasteiger partial charge in [0.2, 0.25) is 0 Å². The molecule has 0 radical (unpaired) electrons. The van der Waals surface area contributed by atoms with Crippen molar-refractivity contribution in [1.29, 1.82) is 0 Å². The van der Waals surface area contributed by atoms with Gasteiger partial charge in [-0.1, -0.05) is 12.1 Å². The molecule has 0 aliphatic carbocycles. The van der Waals surface area contributed by atoms with Crippen molar-refractivity contribution in [3.63, 3.8) is 0 Å². The van der Waals surface area contributed by atoms with Gasteiger partial charge in [0.25, 0.3) is 0 Å². The first-order valence-electron chi connectivity index (χ1n) is 5.26. The van der Waals surface area contributed by atoms with Crippen molar-refractivity contribution in [2.24, 2.45) is 0 Å². The van der Waals surface area contributed by atoms with Crippen LogP contribution in [0, 0.1) is 5.82 Å². The number of rotatable bonds is 5.